The van der Waals surface area contributed by atoms with E-state index in [1.54, 1.807) is 11.3 Å². The van der Waals surface area contributed by atoms with Crippen LogP contribution in [0.15, 0.2) is 103 Å². The van der Waals surface area contributed by atoms with Gasteiger partial charge in [-0.05, 0) is 134 Å². The van der Waals surface area contributed by atoms with Crippen molar-refractivity contribution in [3.8, 4) is 11.1 Å². The largest absolute Gasteiger partial charge is 0.311 e. The van der Waals surface area contributed by atoms with Gasteiger partial charge in [0.25, 0.3) is 6.71 Å². The van der Waals surface area contributed by atoms with Crippen molar-refractivity contribution >= 4 is 67.9 Å². The molecule has 2 nitrogen and oxygen atoms in total. The van der Waals surface area contributed by atoms with E-state index in [0.29, 0.717) is 0 Å². The van der Waals surface area contributed by atoms with Crippen molar-refractivity contribution in [2.75, 3.05) is 9.80 Å². The SMILES string of the molecule is [2H]C1([2H])C(C)(C)c2sc3c(c2C(C)(C)C1([2H])[2H])N(c1ccc(C(C)(C)C)cc1)c1cc(C)cc2c1B3c1cc(C(C)(C)C)ccc1N2c1ccc(C(C)(C)C)cc1-c1ccccc1. The Bertz CT molecular complexity index is 2820. The zero-order valence-corrected chi connectivity index (χ0v) is 38.5. The van der Waals surface area contributed by atoms with Crippen LogP contribution in [0.3, 0.4) is 0 Å². The Kier molecular flexibility index (Phi) is 7.90. The van der Waals surface area contributed by atoms with Crippen molar-refractivity contribution in [1.29, 1.82) is 0 Å². The topological polar surface area (TPSA) is 6.48 Å². The number of benzene rings is 5. The number of hydrogen-bond acceptors (Lipinski definition) is 3. The molecule has 3 heterocycles. The van der Waals surface area contributed by atoms with Gasteiger partial charge in [-0.25, -0.2) is 0 Å². The number of rotatable bonds is 3. The lowest BCUT2D eigenvalue weighted by molar-refractivity contribution is 0.339. The van der Waals surface area contributed by atoms with Gasteiger partial charge in [0.1, 0.15) is 0 Å². The third kappa shape index (κ3) is 6.42. The van der Waals surface area contributed by atoms with E-state index in [9.17, 15) is 5.48 Å². The van der Waals surface area contributed by atoms with E-state index in [0.717, 1.165) is 60.5 Å². The van der Waals surface area contributed by atoms with Crippen LogP contribution in [0.5, 0.6) is 0 Å². The summed E-state index contributed by atoms with van der Waals surface area (Å²) >= 11 is 1.71. The molecule has 2 aliphatic heterocycles. The Morgan fingerprint density at radius 2 is 1.14 bits per heavy atom. The molecule has 0 fully saturated rings. The predicted octanol–water partition coefficient (Wildman–Crippen LogP) is 14.0. The Hall–Kier alpha value is -4.54. The van der Waals surface area contributed by atoms with Gasteiger partial charge in [0, 0.05) is 43.4 Å². The summed E-state index contributed by atoms with van der Waals surface area (Å²) in [5.74, 6) is 0. The molecule has 0 saturated heterocycles. The van der Waals surface area contributed by atoms with Gasteiger partial charge in [0.2, 0.25) is 0 Å². The fourth-order valence-corrected chi connectivity index (χ4v) is 11.2. The average molecular weight is 799 g/mol. The summed E-state index contributed by atoms with van der Waals surface area (Å²) in [5.41, 5.74) is 14.5. The minimum atomic E-state index is -2.18. The van der Waals surface area contributed by atoms with Gasteiger partial charge < -0.3 is 9.80 Å². The maximum absolute atomic E-state index is 9.71. The van der Waals surface area contributed by atoms with Crippen molar-refractivity contribution in [3.63, 3.8) is 0 Å². The van der Waals surface area contributed by atoms with Crippen LogP contribution >= 0.6 is 11.3 Å². The molecule has 9 rings (SSSR count). The van der Waals surface area contributed by atoms with E-state index in [4.69, 9.17) is 0 Å². The molecule has 3 aliphatic rings. The number of aryl methyl sites for hydroxylation is 1. The Morgan fingerprint density at radius 1 is 0.593 bits per heavy atom. The summed E-state index contributed by atoms with van der Waals surface area (Å²) in [6, 6.07) is 38.6. The van der Waals surface area contributed by atoms with Crippen molar-refractivity contribution < 1.29 is 5.48 Å². The molecular formula is C55H63BN2S. The Morgan fingerprint density at radius 3 is 1.75 bits per heavy atom. The molecule has 0 bridgehead atoms. The maximum atomic E-state index is 9.71. The maximum Gasteiger partial charge on any atom is 0.264 e. The van der Waals surface area contributed by atoms with E-state index >= 15 is 0 Å². The fraction of sp³-hybridized carbons (Fsp3) is 0.382. The quantitative estimate of drug-likeness (QED) is 0.164. The molecule has 0 atom stereocenters. The molecule has 5 aromatic carbocycles. The minimum Gasteiger partial charge on any atom is -0.311 e. The van der Waals surface area contributed by atoms with Gasteiger partial charge in [0.05, 0.1) is 11.4 Å². The van der Waals surface area contributed by atoms with Crippen molar-refractivity contribution in [1.82, 2.24) is 0 Å². The Balaban J connectivity index is 1.44. The number of fused-ring (bicyclic) bond motifs is 6. The fourth-order valence-electron chi connectivity index (χ4n) is 9.55. The van der Waals surface area contributed by atoms with Gasteiger partial charge >= 0.3 is 0 Å². The molecule has 59 heavy (non-hydrogen) atoms. The number of hydrogen-bond donors (Lipinski definition) is 0. The van der Waals surface area contributed by atoms with E-state index in [1.165, 1.54) is 33.2 Å². The zero-order chi connectivity index (χ0) is 45.8. The first kappa shape index (κ1) is 35.2. The molecule has 4 heteroatoms. The number of anilines is 6. The van der Waals surface area contributed by atoms with E-state index < -0.39 is 23.6 Å². The summed E-state index contributed by atoms with van der Waals surface area (Å²) in [4.78, 5) is 5.87. The lowest BCUT2D eigenvalue weighted by Gasteiger charge is -2.46. The highest BCUT2D eigenvalue weighted by Gasteiger charge is 2.51. The van der Waals surface area contributed by atoms with Gasteiger partial charge in [0.15, 0.2) is 0 Å². The first-order valence-corrected chi connectivity index (χ1v) is 22.3. The monoisotopic (exact) mass is 799 g/mol. The molecule has 0 amide bonds. The number of nitrogens with zero attached hydrogens (tertiary/aromatic N) is 2. The molecule has 6 aromatic rings. The van der Waals surface area contributed by atoms with Crippen LogP contribution in [0.25, 0.3) is 11.1 Å². The highest BCUT2D eigenvalue weighted by atomic mass is 32.1. The zero-order valence-electron chi connectivity index (χ0n) is 41.7. The molecule has 1 aromatic heterocycles. The van der Waals surface area contributed by atoms with Gasteiger partial charge in [-0.15, -0.1) is 0 Å². The molecule has 0 spiro atoms. The highest BCUT2D eigenvalue weighted by Crippen LogP contribution is 2.56. The van der Waals surface area contributed by atoms with Gasteiger partial charge in [-0.3, -0.25) is 0 Å². The number of thiophene rings is 1. The second kappa shape index (κ2) is 13.2. The van der Waals surface area contributed by atoms with Gasteiger partial charge in [-0.1, -0.05) is 151 Å². The third-order valence-electron chi connectivity index (χ3n) is 13.0. The first-order valence-electron chi connectivity index (χ1n) is 23.5. The lowest BCUT2D eigenvalue weighted by Crippen LogP contribution is -2.61. The van der Waals surface area contributed by atoms with Gasteiger partial charge in [-0.2, -0.15) is 11.3 Å². The summed E-state index contributed by atoms with van der Waals surface area (Å²) in [5, 5.41) is 0. The van der Waals surface area contributed by atoms with Crippen LogP contribution in [0.4, 0.5) is 34.1 Å². The van der Waals surface area contributed by atoms with Crippen LogP contribution in [-0.4, -0.2) is 6.71 Å². The van der Waals surface area contributed by atoms with Crippen molar-refractivity contribution in [2.24, 2.45) is 0 Å². The molecular weight excluding hydrogens is 731 g/mol. The van der Waals surface area contributed by atoms with Crippen LogP contribution in [0, 0.1) is 6.92 Å². The van der Waals surface area contributed by atoms with Crippen molar-refractivity contribution in [3.05, 3.63) is 136 Å². The second-order valence-electron chi connectivity index (χ2n) is 21.5. The first-order chi connectivity index (χ1) is 29.1. The third-order valence-corrected chi connectivity index (χ3v) is 14.5. The summed E-state index contributed by atoms with van der Waals surface area (Å²) in [6.45, 7) is 30.2. The highest BCUT2D eigenvalue weighted by molar-refractivity contribution is 7.29. The molecule has 0 radical (unpaired) electrons. The Labute approximate surface area is 365 Å². The summed E-state index contributed by atoms with van der Waals surface area (Å²) in [6.07, 6.45) is -4.33. The standard InChI is InChI=1S/C55H63BN2S/c1-34-30-44-47-45(31-34)58(42-26-22-37(52(5,6)7)32-40(42)35-18-16-15-17-19-35)43-27-23-38(53(8,9)10)33-41(43)56(47)50-48(46-49(59-50)55(13,14)29-28-54(46,11)12)57(44)39-24-20-36(21-25-39)51(2,3)4/h15-27,30-33H,28-29H2,1-14H3/i28D2,29D2. The molecule has 302 valence electrons. The molecule has 1 aliphatic carbocycles. The lowest BCUT2D eigenvalue weighted by atomic mass is 9.35. The summed E-state index contributed by atoms with van der Waals surface area (Å²) < 4.78 is 39.7. The normalized spacial score (nSPS) is 19.4. The summed E-state index contributed by atoms with van der Waals surface area (Å²) in [7, 11) is 0. The smallest absolute Gasteiger partial charge is 0.264 e. The van der Waals surface area contributed by atoms with E-state index in [1.807, 2.05) is 27.7 Å². The molecule has 0 saturated carbocycles. The van der Waals surface area contributed by atoms with E-state index in [-0.39, 0.29) is 23.0 Å². The van der Waals surface area contributed by atoms with Crippen LogP contribution in [0.2, 0.25) is 0 Å². The van der Waals surface area contributed by atoms with Crippen LogP contribution < -0.4 is 25.5 Å². The van der Waals surface area contributed by atoms with Crippen LogP contribution in [0.1, 0.15) is 141 Å². The predicted molar refractivity (Wildman–Crippen MR) is 260 cm³/mol. The second-order valence-corrected chi connectivity index (χ2v) is 22.6. The van der Waals surface area contributed by atoms with Crippen LogP contribution in [-0.2, 0) is 27.1 Å². The average Bonchev–Trinajstić information content (AvgIpc) is 3.61. The van der Waals surface area contributed by atoms with E-state index in [2.05, 4.69) is 182 Å². The molecule has 0 N–H and O–H groups in total. The van der Waals surface area contributed by atoms with Crippen molar-refractivity contribution in [2.45, 2.75) is 137 Å². The molecule has 0 unspecified atom stereocenters. The minimum absolute atomic E-state index is 0.0393.